The van der Waals surface area contributed by atoms with Gasteiger partial charge in [0.15, 0.2) is 0 Å². The first-order valence-electron chi connectivity index (χ1n) is 9.55. The van der Waals surface area contributed by atoms with Crippen molar-refractivity contribution in [1.29, 1.82) is 0 Å². The smallest absolute Gasteiger partial charge is 0.0580 e. The number of allylic oxidation sites excluding steroid dienone is 1. The summed E-state index contributed by atoms with van der Waals surface area (Å²) in [4.78, 5) is 0. The van der Waals surface area contributed by atoms with Crippen molar-refractivity contribution in [2.24, 2.45) is 35.0 Å². The van der Waals surface area contributed by atoms with Crippen LogP contribution in [0.15, 0.2) is 11.1 Å². The quantitative estimate of drug-likeness (QED) is 0.721. The number of fused-ring (bicyclic) bond motifs is 4. The lowest BCUT2D eigenvalue weighted by atomic mass is 9.52. The maximum Gasteiger partial charge on any atom is 0.0580 e. The van der Waals surface area contributed by atoms with Gasteiger partial charge in [-0.05, 0) is 80.5 Å². The highest BCUT2D eigenvalue weighted by atomic mass is 16.3. The Kier molecular flexibility index (Phi) is 3.69. The van der Waals surface area contributed by atoms with E-state index in [-0.39, 0.29) is 12.7 Å². The van der Waals surface area contributed by atoms with Crippen LogP contribution in [-0.2, 0) is 0 Å². The van der Waals surface area contributed by atoms with E-state index in [0.29, 0.717) is 11.3 Å². The van der Waals surface area contributed by atoms with Crippen molar-refractivity contribution in [3.8, 4) is 0 Å². The Bertz CT molecular complexity index is 482. The fraction of sp³-hybridized carbons (Fsp3) is 0.900. The molecule has 22 heavy (non-hydrogen) atoms. The zero-order valence-corrected chi connectivity index (χ0v) is 14.2. The maximum atomic E-state index is 10.1. The van der Waals surface area contributed by atoms with E-state index in [4.69, 9.17) is 0 Å². The van der Waals surface area contributed by atoms with Crippen LogP contribution < -0.4 is 0 Å². The number of rotatable bonds is 1. The van der Waals surface area contributed by atoms with Crippen molar-refractivity contribution in [3.05, 3.63) is 11.1 Å². The Morgan fingerprint density at radius 2 is 1.95 bits per heavy atom. The lowest BCUT2D eigenvalue weighted by Crippen LogP contribution is -2.45. The zero-order chi connectivity index (χ0) is 15.5. The second kappa shape index (κ2) is 5.34. The van der Waals surface area contributed by atoms with Crippen molar-refractivity contribution in [2.45, 2.75) is 71.3 Å². The zero-order valence-electron chi connectivity index (χ0n) is 14.2. The van der Waals surface area contributed by atoms with Gasteiger partial charge in [-0.3, -0.25) is 0 Å². The summed E-state index contributed by atoms with van der Waals surface area (Å²) in [5.41, 5.74) is 3.67. The molecule has 0 heterocycles. The molecule has 7 atom stereocenters. The Balaban J connectivity index is 1.69. The average Bonchev–Trinajstić information content (AvgIpc) is 2.82. The molecule has 0 bridgehead atoms. The van der Waals surface area contributed by atoms with E-state index in [1.807, 2.05) is 0 Å². The van der Waals surface area contributed by atoms with Crippen LogP contribution in [0.3, 0.4) is 0 Å². The minimum atomic E-state index is -0.162. The molecular weight excluding hydrogens is 272 g/mol. The van der Waals surface area contributed by atoms with Gasteiger partial charge >= 0.3 is 0 Å². The summed E-state index contributed by atoms with van der Waals surface area (Å²) in [6.07, 6.45) is 9.44. The molecule has 0 spiro atoms. The number of hydrogen-bond donors (Lipinski definition) is 2. The third-order valence-corrected chi connectivity index (χ3v) is 8.24. The van der Waals surface area contributed by atoms with Gasteiger partial charge in [0.2, 0.25) is 0 Å². The van der Waals surface area contributed by atoms with E-state index in [1.54, 1.807) is 5.57 Å². The van der Waals surface area contributed by atoms with Gasteiger partial charge in [-0.25, -0.2) is 0 Å². The van der Waals surface area contributed by atoms with Crippen LogP contribution in [0.1, 0.15) is 65.2 Å². The second-order valence-corrected chi connectivity index (χ2v) is 8.96. The minimum absolute atomic E-state index is 0.162. The van der Waals surface area contributed by atoms with Gasteiger partial charge in [0.05, 0.1) is 6.10 Å². The van der Waals surface area contributed by atoms with Gasteiger partial charge in [-0.2, -0.15) is 0 Å². The molecule has 2 N–H and O–H groups in total. The first-order chi connectivity index (χ1) is 10.5. The van der Waals surface area contributed by atoms with Crippen molar-refractivity contribution < 1.29 is 10.2 Å². The van der Waals surface area contributed by atoms with E-state index in [9.17, 15) is 10.2 Å². The molecule has 2 nitrogen and oxygen atoms in total. The van der Waals surface area contributed by atoms with E-state index < -0.39 is 0 Å². The monoisotopic (exact) mass is 304 g/mol. The van der Waals surface area contributed by atoms with Gasteiger partial charge in [0.1, 0.15) is 0 Å². The molecule has 2 heteroatoms. The highest BCUT2D eigenvalue weighted by Gasteiger charge is 2.54. The van der Waals surface area contributed by atoms with Gasteiger partial charge in [-0.15, -0.1) is 0 Å². The highest BCUT2D eigenvalue weighted by molar-refractivity contribution is 5.29. The summed E-state index contributed by atoms with van der Waals surface area (Å²) in [6.45, 7) is 5.30. The molecule has 0 aromatic carbocycles. The lowest BCUT2D eigenvalue weighted by Gasteiger charge is -2.53. The molecule has 0 radical (unpaired) electrons. The van der Waals surface area contributed by atoms with Crippen LogP contribution in [0.25, 0.3) is 0 Å². The van der Waals surface area contributed by atoms with Crippen molar-refractivity contribution in [1.82, 2.24) is 0 Å². The van der Waals surface area contributed by atoms with Crippen LogP contribution in [-0.4, -0.2) is 22.9 Å². The molecule has 0 aliphatic heterocycles. The molecule has 4 rings (SSSR count). The van der Waals surface area contributed by atoms with Crippen LogP contribution in [0.5, 0.6) is 0 Å². The molecule has 0 aromatic heterocycles. The summed E-state index contributed by atoms with van der Waals surface area (Å²) in [5, 5.41) is 20.0. The molecule has 2 unspecified atom stereocenters. The van der Waals surface area contributed by atoms with Crippen molar-refractivity contribution in [2.75, 3.05) is 6.61 Å². The summed E-state index contributed by atoms with van der Waals surface area (Å²) in [6, 6.07) is 0. The van der Waals surface area contributed by atoms with E-state index >= 15 is 0 Å². The van der Waals surface area contributed by atoms with E-state index in [0.717, 1.165) is 42.9 Å². The van der Waals surface area contributed by atoms with Crippen molar-refractivity contribution >= 4 is 0 Å². The summed E-state index contributed by atoms with van der Waals surface area (Å²) >= 11 is 0. The summed E-state index contributed by atoms with van der Waals surface area (Å²) in [5.74, 6) is 3.65. The van der Waals surface area contributed by atoms with E-state index in [1.165, 1.54) is 37.7 Å². The van der Waals surface area contributed by atoms with Gasteiger partial charge in [0.25, 0.3) is 0 Å². The van der Waals surface area contributed by atoms with Gasteiger partial charge in [-0.1, -0.05) is 25.0 Å². The molecule has 2 saturated carbocycles. The second-order valence-electron chi connectivity index (χ2n) is 8.96. The topological polar surface area (TPSA) is 40.5 Å². The molecule has 4 aliphatic rings. The van der Waals surface area contributed by atoms with Gasteiger partial charge in [0, 0.05) is 12.5 Å². The van der Waals surface area contributed by atoms with Crippen LogP contribution in [0.2, 0.25) is 0 Å². The SMILES string of the molecule is CC1CC[C@H]2[C@@H]3C[C@H](CO)C4=C(CCC(O)C4)[C@H]3CC[C@]12C. The number of aliphatic hydroxyl groups is 2. The van der Waals surface area contributed by atoms with Crippen LogP contribution in [0, 0.1) is 35.0 Å². The predicted molar refractivity (Wildman–Crippen MR) is 88.3 cm³/mol. The molecule has 0 saturated heterocycles. The molecule has 4 aliphatic carbocycles. The lowest BCUT2D eigenvalue weighted by molar-refractivity contribution is 0.000633. The average molecular weight is 304 g/mol. The minimum Gasteiger partial charge on any atom is -0.396 e. The van der Waals surface area contributed by atoms with E-state index in [2.05, 4.69) is 13.8 Å². The third-order valence-electron chi connectivity index (χ3n) is 8.24. The molecular formula is C20H32O2. The van der Waals surface area contributed by atoms with Crippen LogP contribution >= 0.6 is 0 Å². The molecule has 124 valence electrons. The van der Waals surface area contributed by atoms with Crippen molar-refractivity contribution in [3.63, 3.8) is 0 Å². The fourth-order valence-corrected chi connectivity index (χ4v) is 6.79. The molecule has 0 aromatic rings. The Morgan fingerprint density at radius 3 is 2.73 bits per heavy atom. The van der Waals surface area contributed by atoms with Gasteiger partial charge < -0.3 is 10.2 Å². The largest absolute Gasteiger partial charge is 0.396 e. The Morgan fingerprint density at radius 1 is 1.14 bits per heavy atom. The summed E-state index contributed by atoms with van der Waals surface area (Å²) in [7, 11) is 0. The first-order valence-corrected chi connectivity index (χ1v) is 9.55. The third kappa shape index (κ3) is 2.06. The first kappa shape index (κ1) is 15.2. The normalized spacial score (nSPS) is 51.3. The Hall–Kier alpha value is -0.340. The number of hydrogen-bond acceptors (Lipinski definition) is 2. The summed E-state index contributed by atoms with van der Waals surface area (Å²) < 4.78 is 0. The standard InChI is InChI=1S/C20H32O2/c1-12-3-6-19-18-9-13(11-21)17-10-14(22)4-5-15(17)16(18)7-8-20(12,19)2/h12-14,16,18-19,21-22H,3-11H2,1-2H3/t12?,13-,14?,16-,18-,19+,20-/m1/s1. The number of aliphatic hydroxyl groups excluding tert-OH is 2. The van der Waals surface area contributed by atoms with Crippen LogP contribution in [0.4, 0.5) is 0 Å². The highest BCUT2D eigenvalue weighted by Crippen LogP contribution is 2.63. The Labute approximate surface area is 135 Å². The predicted octanol–water partition coefficient (Wildman–Crippen LogP) is 3.92. The molecule has 2 fully saturated rings. The maximum absolute atomic E-state index is 10.1. The molecule has 0 amide bonds. The fourth-order valence-electron chi connectivity index (χ4n) is 6.79.